The zero-order chi connectivity index (χ0) is 45.8. The zero-order valence-electron chi connectivity index (χ0n) is 37.4. The molecule has 2 N–H and O–H groups in total. The smallest absolute Gasteiger partial charge is 0.328 e. The maximum absolute atomic E-state index is 13.9. The van der Waals surface area contributed by atoms with Crippen molar-refractivity contribution in [2.45, 2.75) is 122 Å². The maximum Gasteiger partial charge on any atom is 0.328 e. The monoisotopic (exact) mass is 891 g/mol. The van der Waals surface area contributed by atoms with Crippen LogP contribution in [-0.2, 0) is 44.7 Å². The van der Waals surface area contributed by atoms with Gasteiger partial charge in [-0.1, -0.05) is 49.2 Å². The Morgan fingerprint density at radius 2 is 1.70 bits per heavy atom. The van der Waals surface area contributed by atoms with Gasteiger partial charge in [0.1, 0.15) is 34.3 Å². The fraction of sp³-hybridized carbons (Fsp3) is 0.644. The Balaban J connectivity index is 1.64. The van der Waals surface area contributed by atoms with E-state index in [4.69, 9.17) is 25.8 Å². The minimum atomic E-state index is -1.64. The predicted octanol–water partition coefficient (Wildman–Crippen LogP) is 5.57. The molecule has 1 aromatic rings. The van der Waals surface area contributed by atoms with E-state index in [9.17, 15) is 39.0 Å². The van der Waals surface area contributed by atoms with E-state index in [1.165, 1.54) is 68.6 Å². The number of ketones is 1. The van der Waals surface area contributed by atoms with E-state index >= 15 is 0 Å². The average Bonchev–Trinajstić information content (AvgIpc) is 3.48. The van der Waals surface area contributed by atoms with Gasteiger partial charge in [-0.15, -0.1) is 11.8 Å². The normalized spacial score (nSPS) is 21.0. The number of anilines is 1. The van der Waals surface area contributed by atoms with Gasteiger partial charge in [0.2, 0.25) is 23.6 Å². The molecule has 0 radical (unpaired) electrons. The Labute approximate surface area is 370 Å². The lowest BCUT2D eigenvalue weighted by atomic mass is 9.80. The molecule has 4 amide bonds. The van der Waals surface area contributed by atoms with Gasteiger partial charge in [-0.3, -0.25) is 28.9 Å². The number of carbonyl (C=O) groups excluding carboxylic acids is 6. The van der Waals surface area contributed by atoms with Crippen molar-refractivity contribution < 1.29 is 53.2 Å². The minimum absolute atomic E-state index is 0.00443. The molecular weight excluding hydrogens is 826 g/mol. The quantitative estimate of drug-likeness (QED) is 0.0842. The number of aliphatic hydroxyl groups is 2. The fourth-order valence-corrected chi connectivity index (χ4v) is 8.72. The third kappa shape index (κ3) is 14.1. The lowest BCUT2D eigenvalue weighted by Gasteiger charge is -2.37. The first-order valence-electron chi connectivity index (χ1n) is 20.9. The molecule has 0 spiro atoms. The molecule has 1 saturated heterocycles. The number of benzene rings is 1. The highest BCUT2D eigenvalue weighted by Crippen LogP contribution is 2.38. The molecule has 1 aliphatic carbocycles. The van der Waals surface area contributed by atoms with Gasteiger partial charge in [0, 0.05) is 52.3 Å². The molecule has 1 saturated carbocycles. The van der Waals surface area contributed by atoms with E-state index < -0.39 is 53.3 Å². The largest absolute Gasteiger partial charge is 0.495 e. The number of aliphatic hydroxyl groups excluding tert-OH is 1. The van der Waals surface area contributed by atoms with E-state index in [-0.39, 0.29) is 65.6 Å². The van der Waals surface area contributed by atoms with Crippen molar-refractivity contribution in [3.05, 3.63) is 46.5 Å². The summed E-state index contributed by atoms with van der Waals surface area (Å²) in [5, 5.41) is 20.5. The summed E-state index contributed by atoms with van der Waals surface area (Å²) in [6.45, 7) is 10.2. The number of likely N-dealkylation sites (N-methyl/N-ethyl adjacent to an activating group) is 1. The van der Waals surface area contributed by atoms with Crippen molar-refractivity contribution in [1.29, 1.82) is 0 Å². The number of carbonyl (C=O) groups is 6. The summed E-state index contributed by atoms with van der Waals surface area (Å²) < 4.78 is 16.6. The Morgan fingerprint density at radius 3 is 2.28 bits per heavy atom. The topological polar surface area (TPSA) is 180 Å². The maximum atomic E-state index is 13.9. The van der Waals surface area contributed by atoms with Crippen LogP contribution in [0.3, 0.4) is 0 Å². The molecule has 0 aromatic heterocycles. The van der Waals surface area contributed by atoms with Gasteiger partial charge in [0.05, 0.1) is 37.2 Å². The second-order valence-electron chi connectivity index (χ2n) is 16.8. The number of allylic oxidation sites excluding steroid dienone is 3. The third-order valence-corrected chi connectivity index (χ3v) is 13.8. The van der Waals surface area contributed by atoms with E-state index in [0.717, 1.165) is 36.8 Å². The van der Waals surface area contributed by atoms with Gasteiger partial charge in [-0.05, 0) is 89.3 Å². The van der Waals surface area contributed by atoms with Crippen LogP contribution in [0.4, 0.5) is 5.69 Å². The van der Waals surface area contributed by atoms with Crippen molar-refractivity contribution in [3.63, 3.8) is 0 Å². The number of amides is 4. The molecule has 2 fully saturated rings. The highest BCUT2D eigenvalue weighted by Gasteiger charge is 2.43. The van der Waals surface area contributed by atoms with Crippen LogP contribution >= 0.6 is 23.4 Å². The van der Waals surface area contributed by atoms with E-state index in [0.29, 0.717) is 24.4 Å². The summed E-state index contributed by atoms with van der Waals surface area (Å²) in [6.07, 6.45) is 6.96. The number of imide groups is 1. The molecule has 5 atom stereocenters. The van der Waals surface area contributed by atoms with Gasteiger partial charge in [0.15, 0.2) is 0 Å². The second kappa shape index (κ2) is 23.6. The summed E-state index contributed by atoms with van der Waals surface area (Å²) in [6, 6.07) is 2.46. The highest BCUT2D eigenvalue weighted by molar-refractivity contribution is 8.00. The molecule has 61 heavy (non-hydrogen) atoms. The lowest BCUT2D eigenvalue weighted by Crippen LogP contribution is -2.51. The number of ether oxygens (including phenoxy) is 3. The van der Waals surface area contributed by atoms with Crippen LogP contribution in [0, 0.1) is 17.8 Å². The van der Waals surface area contributed by atoms with Gasteiger partial charge in [-0.2, -0.15) is 0 Å². The van der Waals surface area contributed by atoms with E-state index in [1.54, 1.807) is 45.1 Å². The molecular formula is C45H66ClN3O11S. The summed E-state index contributed by atoms with van der Waals surface area (Å²) in [7, 11) is 5.97. The molecule has 0 bridgehead atoms. The van der Waals surface area contributed by atoms with Gasteiger partial charge < -0.3 is 34.2 Å². The molecule has 1 aromatic carbocycles. The van der Waals surface area contributed by atoms with Gasteiger partial charge in [-0.25, -0.2) is 4.79 Å². The molecule has 340 valence electrons. The lowest BCUT2D eigenvalue weighted by molar-refractivity contribution is -0.176. The summed E-state index contributed by atoms with van der Waals surface area (Å²) in [5.74, 6) is -1.62. The van der Waals surface area contributed by atoms with Crippen molar-refractivity contribution in [3.8, 4) is 5.75 Å². The van der Waals surface area contributed by atoms with Crippen LogP contribution in [0.25, 0.3) is 0 Å². The number of methoxy groups -OCH3 is 2. The van der Waals surface area contributed by atoms with Crippen LogP contribution in [0.15, 0.2) is 35.9 Å². The summed E-state index contributed by atoms with van der Waals surface area (Å²) in [5.41, 5.74) is 0.466. The SMILES string of the molecule is COc1cc(C/C(C)=C/C=C/[C@H](CO)OC)cc(N(C)C(=O)C[C@H](OC(=O)[C@H](C)N(C)C(=O)CCSC2CC(=O)N(CC3CCC(C(C)=O)CC3)C2=O)[C@](C)(O)C(C)C)c1Cl. The van der Waals surface area contributed by atoms with Crippen molar-refractivity contribution in [2.75, 3.05) is 52.1 Å². The van der Waals surface area contributed by atoms with Crippen molar-refractivity contribution in [2.24, 2.45) is 17.8 Å². The molecule has 3 rings (SSSR count). The highest BCUT2D eigenvalue weighted by atomic mass is 35.5. The number of hydrogen-bond donors (Lipinski definition) is 2. The second-order valence-corrected chi connectivity index (χ2v) is 18.5. The number of rotatable bonds is 22. The first kappa shape index (κ1) is 51.6. The Kier molecular flexibility index (Phi) is 20.0. The first-order chi connectivity index (χ1) is 28.7. The van der Waals surface area contributed by atoms with Gasteiger partial charge >= 0.3 is 5.97 Å². The molecule has 1 unspecified atom stereocenters. The fourth-order valence-electron chi connectivity index (χ4n) is 7.30. The van der Waals surface area contributed by atoms with Crippen LogP contribution in [-0.4, -0.2) is 132 Å². The molecule has 1 aliphatic heterocycles. The Morgan fingerprint density at radius 1 is 1.05 bits per heavy atom. The van der Waals surface area contributed by atoms with Crippen LogP contribution in [0.5, 0.6) is 5.75 Å². The zero-order valence-corrected chi connectivity index (χ0v) is 39.0. The number of Topliss-reactive ketones (excluding diaryl/α,β-unsaturated/α-hetero) is 1. The first-order valence-corrected chi connectivity index (χ1v) is 22.3. The van der Waals surface area contributed by atoms with Crippen LogP contribution < -0.4 is 9.64 Å². The number of esters is 1. The van der Waals surface area contributed by atoms with E-state index in [1.807, 2.05) is 13.0 Å². The Hall–Kier alpha value is -3.76. The number of likely N-dealkylation sites (tertiary alicyclic amines) is 1. The Bertz CT molecular complexity index is 1790. The number of hydrogen-bond acceptors (Lipinski definition) is 12. The number of nitrogens with zero attached hydrogens (tertiary/aromatic N) is 3. The van der Waals surface area contributed by atoms with Crippen molar-refractivity contribution >= 4 is 64.4 Å². The van der Waals surface area contributed by atoms with Crippen LogP contribution in [0.2, 0.25) is 5.02 Å². The minimum Gasteiger partial charge on any atom is -0.495 e. The third-order valence-electron chi connectivity index (χ3n) is 12.2. The van der Waals surface area contributed by atoms with Crippen molar-refractivity contribution in [1.82, 2.24) is 9.80 Å². The number of thioether (sulfide) groups is 1. The van der Waals surface area contributed by atoms with Gasteiger partial charge in [0.25, 0.3) is 0 Å². The summed E-state index contributed by atoms with van der Waals surface area (Å²) in [4.78, 5) is 82.4. The summed E-state index contributed by atoms with van der Waals surface area (Å²) >= 11 is 7.96. The van der Waals surface area contributed by atoms with Crippen LogP contribution in [0.1, 0.15) is 92.1 Å². The molecule has 14 nitrogen and oxygen atoms in total. The average molecular weight is 893 g/mol. The molecule has 1 heterocycles. The number of halogens is 1. The standard InChI is InChI=1S/C45H66ClN3O11S/c1-27(2)45(6,57)38(24-40(53)48(8)35-21-32(22-36(59-10)42(35)46)20-28(3)12-11-13-34(26-50)58-9)60-44(56)29(4)47(7)39(52)18-19-61-37-23-41(54)49(43(37)55)25-31-14-16-33(17-15-31)30(5)51/h11-13,21-22,27,29,31,33-34,37-38,50,57H,14-20,23-26H2,1-10H3/b13-11+,28-12+/t29-,31?,33?,34+,37?,38-,45+/m0/s1. The molecule has 2 aliphatic rings. The van der Waals surface area contributed by atoms with E-state index in [2.05, 4.69) is 0 Å². The molecule has 16 heteroatoms. The predicted molar refractivity (Wildman–Crippen MR) is 236 cm³/mol.